The summed E-state index contributed by atoms with van der Waals surface area (Å²) in [5, 5.41) is 12.8. The number of imidazole rings is 1. The molecule has 216 valence electrons. The molecule has 0 amide bonds. The van der Waals surface area contributed by atoms with E-state index < -0.39 is 35.5 Å². The number of carbonyl (C=O) groups is 1. The first-order chi connectivity index (χ1) is 19.3. The zero-order valence-corrected chi connectivity index (χ0v) is 22.3. The minimum absolute atomic E-state index is 0.0107. The lowest BCUT2D eigenvalue weighted by molar-refractivity contribution is -0.137. The third-order valence-electron chi connectivity index (χ3n) is 7.21. The van der Waals surface area contributed by atoms with Crippen LogP contribution >= 0.6 is 0 Å². The molecular formula is C28H26F5N5O3. The average molecular weight is 576 g/mol. The predicted molar refractivity (Wildman–Crippen MR) is 140 cm³/mol. The molecule has 13 heteroatoms. The van der Waals surface area contributed by atoms with Crippen LogP contribution in [0.15, 0.2) is 42.5 Å². The summed E-state index contributed by atoms with van der Waals surface area (Å²) in [5.41, 5.74) is 1.37. The highest BCUT2D eigenvalue weighted by Crippen LogP contribution is 2.45. The van der Waals surface area contributed by atoms with Gasteiger partial charge in [0.15, 0.2) is 11.5 Å². The number of carboxylic acids is 1. The number of ether oxygens (including phenoxy) is 1. The van der Waals surface area contributed by atoms with Gasteiger partial charge in [-0.15, -0.1) is 0 Å². The first-order valence-corrected chi connectivity index (χ1v) is 12.7. The van der Waals surface area contributed by atoms with Crippen molar-refractivity contribution in [2.24, 2.45) is 5.92 Å². The number of benzene rings is 2. The van der Waals surface area contributed by atoms with Gasteiger partial charge >= 0.3 is 12.1 Å². The molecule has 2 N–H and O–H groups in total. The smallest absolute Gasteiger partial charge is 0.416 e. The minimum atomic E-state index is -4.51. The second-order valence-electron chi connectivity index (χ2n) is 10.3. The quantitative estimate of drug-likeness (QED) is 0.234. The molecule has 0 bridgehead atoms. The molecular weight excluding hydrogens is 549 g/mol. The number of halogens is 5. The van der Waals surface area contributed by atoms with Gasteiger partial charge in [-0.05, 0) is 49.6 Å². The Labute approximate surface area is 231 Å². The number of alkyl halides is 5. The molecule has 2 aromatic carbocycles. The number of aromatic nitrogens is 4. The van der Waals surface area contributed by atoms with E-state index in [1.807, 2.05) is 13.0 Å². The van der Waals surface area contributed by atoms with E-state index in [9.17, 15) is 31.9 Å². The van der Waals surface area contributed by atoms with Gasteiger partial charge in [-0.1, -0.05) is 23.8 Å². The molecule has 41 heavy (non-hydrogen) atoms. The molecule has 1 fully saturated rings. The van der Waals surface area contributed by atoms with Crippen molar-refractivity contribution < 1.29 is 36.6 Å². The minimum Gasteiger partial charge on any atom is -0.496 e. The Morgan fingerprint density at radius 1 is 1.15 bits per heavy atom. The van der Waals surface area contributed by atoms with E-state index in [1.165, 1.54) is 19.2 Å². The van der Waals surface area contributed by atoms with Crippen LogP contribution < -0.4 is 10.1 Å². The van der Waals surface area contributed by atoms with Gasteiger partial charge in [-0.3, -0.25) is 0 Å². The topological polar surface area (TPSA) is 102 Å². The second-order valence-corrected chi connectivity index (χ2v) is 10.3. The fraction of sp³-hybridized carbons (Fsp3) is 0.357. The molecule has 8 nitrogen and oxygen atoms in total. The number of hydrogen-bond acceptors (Lipinski definition) is 6. The molecule has 1 aliphatic rings. The number of nitrogens with zero attached hydrogens (tertiary/aromatic N) is 4. The van der Waals surface area contributed by atoms with Gasteiger partial charge in [0, 0.05) is 25.4 Å². The van der Waals surface area contributed by atoms with Crippen molar-refractivity contribution in [3.8, 4) is 17.1 Å². The molecule has 1 saturated carbocycles. The van der Waals surface area contributed by atoms with Crippen LogP contribution in [-0.4, -0.2) is 49.7 Å². The van der Waals surface area contributed by atoms with Crippen LogP contribution in [0.25, 0.3) is 22.6 Å². The van der Waals surface area contributed by atoms with Gasteiger partial charge < -0.3 is 19.7 Å². The van der Waals surface area contributed by atoms with Crippen molar-refractivity contribution in [1.29, 1.82) is 0 Å². The molecule has 0 unspecified atom stereocenters. The molecule has 0 saturated heterocycles. The Bertz CT molecular complexity index is 1610. The standard InChI is InChI=1S/C28H26F5N5O3/c1-14-4-9-20(41-3)19(10-14)25-37-23-21(38(25)13-16-5-7-18(8-6-16)28(31,32)33)22(35-24(36-23)26(39)40)34-15(2)17-11-27(29,30)12-17/h4-10,15,17H,11-13H2,1-3H3,(H,39,40)(H,34,35,36)/t15-/m1/s1. The van der Waals surface area contributed by atoms with Crippen LogP contribution in [0.3, 0.4) is 0 Å². The predicted octanol–water partition coefficient (Wildman–Crippen LogP) is 6.42. The number of aromatic carboxylic acids is 1. The molecule has 1 aliphatic carbocycles. The number of hydrogen-bond donors (Lipinski definition) is 2. The summed E-state index contributed by atoms with van der Waals surface area (Å²) in [6.07, 6.45) is -5.15. The highest BCUT2D eigenvalue weighted by molar-refractivity contribution is 5.92. The summed E-state index contributed by atoms with van der Waals surface area (Å²) in [6.45, 7) is 3.58. The maximum Gasteiger partial charge on any atom is 0.416 e. The molecule has 0 spiro atoms. The number of methoxy groups -OCH3 is 1. The summed E-state index contributed by atoms with van der Waals surface area (Å²) in [5.74, 6) is -4.28. The third kappa shape index (κ3) is 5.66. The molecule has 1 atom stereocenters. The van der Waals surface area contributed by atoms with Gasteiger partial charge in [0.25, 0.3) is 0 Å². The van der Waals surface area contributed by atoms with E-state index in [1.54, 1.807) is 23.6 Å². The highest BCUT2D eigenvalue weighted by Gasteiger charge is 2.47. The second kappa shape index (κ2) is 10.3. The SMILES string of the molecule is COc1ccc(C)cc1-c1nc2nc(C(=O)O)nc(N[C@H](C)C3CC(F)(F)C3)c2n1Cc1ccc(C(F)(F)F)cc1. The fourth-order valence-corrected chi connectivity index (χ4v) is 4.96. The van der Waals surface area contributed by atoms with Crippen molar-refractivity contribution in [2.45, 2.75) is 51.4 Å². The zero-order valence-electron chi connectivity index (χ0n) is 22.3. The number of carboxylic acid groups (broad SMARTS) is 1. The molecule has 0 aliphatic heterocycles. The van der Waals surface area contributed by atoms with Crippen molar-refractivity contribution in [1.82, 2.24) is 19.5 Å². The van der Waals surface area contributed by atoms with Crippen LogP contribution in [0.4, 0.5) is 27.8 Å². The number of aryl methyl sites for hydroxylation is 1. The van der Waals surface area contributed by atoms with E-state index in [-0.39, 0.29) is 42.3 Å². The van der Waals surface area contributed by atoms with E-state index in [4.69, 9.17) is 4.74 Å². The van der Waals surface area contributed by atoms with E-state index in [0.717, 1.165) is 17.7 Å². The fourth-order valence-electron chi connectivity index (χ4n) is 4.96. The lowest BCUT2D eigenvalue weighted by atomic mass is 9.77. The van der Waals surface area contributed by atoms with Gasteiger partial charge in [0.05, 0.1) is 18.2 Å². The molecule has 4 aromatic rings. The number of fused-ring (bicyclic) bond motifs is 1. The summed E-state index contributed by atoms with van der Waals surface area (Å²) < 4.78 is 73.9. The highest BCUT2D eigenvalue weighted by atomic mass is 19.4. The van der Waals surface area contributed by atoms with Gasteiger partial charge in [0.2, 0.25) is 11.7 Å². The first-order valence-electron chi connectivity index (χ1n) is 12.7. The maximum absolute atomic E-state index is 13.6. The molecule has 2 heterocycles. The Kier molecular flexibility index (Phi) is 7.08. The van der Waals surface area contributed by atoms with Crippen LogP contribution in [-0.2, 0) is 12.7 Å². The Balaban J connectivity index is 1.69. The molecule has 2 aromatic heterocycles. The molecule has 0 radical (unpaired) electrons. The largest absolute Gasteiger partial charge is 0.496 e. The van der Waals surface area contributed by atoms with Crippen molar-refractivity contribution in [2.75, 3.05) is 12.4 Å². The Hall–Kier alpha value is -4.29. The van der Waals surface area contributed by atoms with E-state index >= 15 is 0 Å². The van der Waals surface area contributed by atoms with Crippen molar-refractivity contribution >= 4 is 23.0 Å². The van der Waals surface area contributed by atoms with Gasteiger partial charge in [0.1, 0.15) is 17.1 Å². The summed E-state index contributed by atoms with van der Waals surface area (Å²) in [7, 11) is 1.47. The van der Waals surface area contributed by atoms with Gasteiger partial charge in [-0.25, -0.2) is 28.5 Å². The Morgan fingerprint density at radius 2 is 1.83 bits per heavy atom. The lowest BCUT2D eigenvalue weighted by Crippen LogP contribution is -2.44. The van der Waals surface area contributed by atoms with Crippen molar-refractivity contribution in [3.05, 3.63) is 65.0 Å². The van der Waals surface area contributed by atoms with Crippen LogP contribution in [0.2, 0.25) is 0 Å². The lowest BCUT2D eigenvalue weighted by Gasteiger charge is -2.39. The van der Waals surface area contributed by atoms with Crippen LogP contribution in [0.5, 0.6) is 5.75 Å². The Morgan fingerprint density at radius 3 is 2.41 bits per heavy atom. The number of rotatable bonds is 8. The summed E-state index contributed by atoms with van der Waals surface area (Å²) in [4.78, 5) is 24.8. The normalized spacial score (nSPS) is 15.9. The number of nitrogens with one attached hydrogen (secondary N) is 1. The average Bonchev–Trinajstić information content (AvgIpc) is 3.25. The summed E-state index contributed by atoms with van der Waals surface area (Å²) >= 11 is 0. The van der Waals surface area contributed by atoms with E-state index in [0.29, 0.717) is 22.7 Å². The summed E-state index contributed by atoms with van der Waals surface area (Å²) in [6, 6.07) is 9.49. The first kappa shape index (κ1) is 28.2. The van der Waals surface area contributed by atoms with Crippen molar-refractivity contribution in [3.63, 3.8) is 0 Å². The third-order valence-corrected chi connectivity index (χ3v) is 7.21. The monoisotopic (exact) mass is 575 g/mol. The zero-order chi connectivity index (χ0) is 29.7. The molecule has 5 rings (SSSR count). The van der Waals surface area contributed by atoms with E-state index in [2.05, 4.69) is 20.3 Å². The maximum atomic E-state index is 13.6. The van der Waals surface area contributed by atoms with Crippen LogP contribution in [0, 0.1) is 12.8 Å². The number of anilines is 1. The van der Waals surface area contributed by atoms with Crippen LogP contribution in [0.1, 0.15) is 47.1 Å². The van der Waals surface area contributed by atoms with Gasteiger partial charge in [-0.2, -0.15) is 13.2 Å².